The van der Waals surface area contributed by atoms with Crippen LogP contribution < -0.4 is 4.74 Å². The summed E-state index contributed by atoms with van der Waals surface area (Å²) in [7, 11) is 0. The Hall–Kier alpha value is -1.78. The number of benzene rings is 2. The minimum atomic E-state index is -0.783. The van der Waals surface area contributed by atoms with E-state index in [9.17, 15) is 9.90 Å². The van der Waals surface area contributed by atoms with Crippen LogP contribution in [-0.4, -0.2) is 22.4 Å². The van der Waals surface area contributed by atoms with Crippen LogP contribution in [0.25, 0.3) is 0 Å². The van der Waals surface area contributed by atoms with E-state index >= 15 is 0 Å². The van der Waals surface area contributed by atoms with Crippen molar-refractivity contribution in [2.75, 3.05) is 0 Å². The summed E-state index contributed by atoms with van der Waals surface area (Å²) >= 11 is 1.63. The maximum atomic E-state index is 12.7. The molecule has 0 aromatic heterocycles. The monoisotopic (exact) mass is 386 g/mol. The van der Waals surface area contributed by atoms with Crippen molar-refractivity contribution >= 4 is 17.7 Å². The number of aliphatic hydroxyl groups excluding tert-OH is 1. The molecule has 3 atom stereocenters. The molecule has 0 fully saturated rings. The van der Waals surface area contributed by atoms with Crippen molar-refractivity contribution in [1.29, 1.82) is 0 Å². The van der Waals surface area contributed by atoms with Crippen molar-refractivity contribution in [3.63, 3.8) is 0 Å². The van der Waals surface area contributed by atoms with Crippen molar-refractivity contribution in [3.05, 3.63) is 59.7 Å². The Labute approximate surface area is 167 Å². The molecule has 0 saturated carbocycles. The molecular formula is C23H30O3S. The molecule has 2 aromatic rings. The average Bonchev–Trinajstić information content (AvgIpc) is 2.63. The highest BCUT2D eigenvalue weighted by Crippen LogP contribution is 2.33. The molecule has 146 valence electrons. The summed E-state index contributed by atoms with van der Waals surface area (Å²) in [5, 5.41) is 10.9. The molecule has 0 heterocycles. The Morgan fingerprint density at radius 1 is 1.00 bits per heavy atom. The van der Waals surface area contributed by atoms with E-state index < -0.39 is 12.0 Å². The number of hydrogen-bond donors (Lipinski definition) is 1. The van der Waals surface area contributed by atoms with Crippen molar-refractivity contribution in [2.45, 2.75) is 57.3 Å². The lowest BCUT2D eigenvalue weighted by Crippen LogP contribution is -2.37. The van der Waals surface area contributed by atoms with E-state index in [-0.39, 0.29) is 11.2 Å². The van der Waals surface area contributed by atoms with Crippen molar-refractivity contribution in [3.8, 4) is 5.75 Å². The van der Waals surface area contributed by atoms with Gasteiger partial charge in [0, 0.05) is 10.1 Å². The molecule has 0 aliphatic carbocycles. The molecular weight excluding hydrogens is 356 g/mol. The van der Waals surface area contributed by atoms with Gasteiger partial charge in [0.25, 0.3) is 0 Å². The smallest absolute Gasteiger partial charge is 0.316 e. The third-order valence-electron chi connectivity index (χ3n) is 4.61. The summed E-state index contributed by atoms with van der Waals surface area (Å²) in [6.45, 7) is 9.85. The Kier molecular flexibility index (Phi) is 7.93. The Morgan fingerprint density at radius 2 is 1.59 bits per heavy atom. The maximum Gasteiger partial charge on any atom is 0.316 e. The van der Waals surface area contributed by atoms with Gasteiger partial charge < -0.3 is 9.84 Å². The first kappa shape index (κ1) is 21.5. The van der Waals surface area contributed by atoms with Gasteiger partial charge in [-0.1, -0.05) is 50.2 Å². The van der Waals surface area contributed by atoms with Crippen molar-refractivity contribution in [2.24, 2.45) is 11.8 Å². The summed E-state index contributed by atoms with van der Waals surface area (Å²) in [5.41, 5.74) is 1.84. The second-order valence-corrected chi connectivity index (χ2v) is 8.83. The lowest BCUT2D eigenvalue weighted by atomic mass is 9.96. The van der Waals surface area contributed by atoms with Crippen LogP contribution in [-0.2, 0) is 4.79 Å². The quantitative estimate of drug-likeness (QED) is 0.374. The first-order valence-corrected chi connectivity index (χ1v) is 10.3. The number of hydrogen-bond acceptors (Lipinski definition) is 4. The molecule has 2 rings (SSSR count). The van der Waals surface area contributed by atoms with Crippen LogP contribution in [0.3, 0.4) is 0 Å². The van der Waals surface area contributed by atoms with Gasteiger partial charge in [0.15, 0.2) is 0 Å². The van der Waals surface area contributed by atoms with Gasteiger partial charge in [-0.05, 0) is 56.4 Å². The van der Waals surface area contributed by atoms with E-state index in [4.69, 9.17) is 4.74 Å². The van der Waals surface area contributed by atoms with Crippen LogP contribution >= 0.6 is 11.8 Å². The fourth-order valence-corrected chi connectivity index (χ4v) is 4.53. The molecule has 0 saturated heterocycles. The zero-order chi connectivity index (χ0) is 20.0. The molecule has 0 aliphatic heterocycles. The van der Waals surface area contributed by atoms with E-state index in [1.54, 1.807) is 18.7 Å². The average molecular weight is 387 g/mol. The number of aliphatic hydroxyl groups is 1. The Balaban J connectivity index is 2.12. The molecule has 0 amide bonds. The fraction of sp³-hybridized carbons (Fsp3) is 0.435. The molecule has 4 heteroatoms. The van der Waals surface area contributed by atoms with E-state index in [0.29, 0.717) is 11.7 Å². The largest absolute Gasteiger partial charge is 0.426 e. The van der Waals surface area contributed by atoms with Gasteiger partial charge in [-0.3, -0.25) is 4.79 Å². The van der Waals surface area contributed by atoms with Crippen LogP contribution in [0.2, 0.25) is 0 Å². The zero-order valence-corrected chi connectivity index (χ0v) is 17.6. The second kappa shape index (κ2) is 9.95. The number of carbonyl (C=O) groups is 1. The molecule has 0 radical (unpaired) electrons. The summed E-state index contributed by atoms with van der Waals surface area (Å²) < 4.78 is 5.66. The number of rotatable bonds is 8. The molecule has 2 aromatic carbocycles. The van der Waals surface area contributed by atoms with E-state index in [0.717, 1.165) is 22.4 Å². The predicted molar refractivity (Wildman–Crippen MR) is 112 cm³/mol. The predicted octanol–water partition coefficient (Wildman–Crippen LogP) is 5.41. The van der Waals surface area contributed by atoms with Gasteiger partial charge in [-0.15, -0.1) is 11.8 Å². The third-order valence-corrected chi connectivity index (χ3v) is 5.93. The summed E-state index contributed by atoms with van der Waals surface area (Å²) in [6, 6.07) is 15.8. The number of carbonyl (C=O) groups excluding carboxylic acids is 1. The highest BCUT2D eigenvalue weighted by atomic mass is 32.2. The van der Waals surface area contributed by atoms with E-state index in [2.05, 4.69) is 13.8 Å². The molecule has 3 nitrogen and oxygen atoms in total. The second-order valence-electron chi connectivity index (χ2n) is 7.52. The highest BCUT2D eigenvalue weighted by molar-refractivity contribution is 8.00. The Morgan fingerprint density at radius 3 is 2.15 bits per heavy atom. The third kappa shape index (κ3) is 6.12. The zero-order valence-electron chi connectivity index (χ0n) is 16.8. The number of ether oxygens (including phenoxy) is 1. The number of aryl methyl sites for hydroxylation is 2. The van der Waals surface area contributed by atoms with Gasteiger partial charge in [0.2, 0.25) is 0 Å². The lowest BCUT2D eigenvalue weighted by molar-refractivity contribution is -0.142. The van der Waals surface area contributed by atoms with Gasteiger partial charge in [-0.2, -0.15) is 0 Å². The fourth-order valence-electron chi connectivity index (χ4n) is 3.01. The first-order valence-electron chi connectivity index (χ1n) is 9.47. The minimum Gasteiger partial charge on any atom is -0.426 e. The number of para-hydroxylation sites is 1. The van der Waals surface area contributed by atoms with Crippen molar-refractivity contribution in [1.82, 2.24) is 0 Å². The minimum absolute atomic E-state index is 0.0760. The van der Waals surface area contributed by atoms with Crippen LogP contribution in [0.5, 0.6) is 5.75 Å². The van der Waals surface area contributed by atoms with Gasteiger partial charge in [-0.25, -0.2) is 0 Å². The molecule has 27 heavy (non-hydrogen) atoms. The Bertz CT molecular complexity index is 722. The number of thioether (sulfide) groups is 1. The first-order chi connectivity index (χ1) is 12.8. The highest BCUT2D eigenvalue weighted by Gasteiger charge is 2.32. The van der Waals surface area contributed by atoms with Crippen LogP contribution in [0.1, 0.15) is 38.3 Å². The van der Waals surface area contributed by atoms with Crippen LogP contribution in [0.15, 0.2) is 53.4 Å². The summed E-state index contributed by atoms with van der Waals surface area (Å²) in [6.07, 6.45) is 0.0382. The van der Waals surface area contributed by atoms with Gasteiger partial charge in [0.05, 0.1) is 12.0 Å². The molecule has 0 spiro atoms. The lowest BCUT2D eigenvalue weighted by Gasteiger charge is -2.28. The topological polar surface area (TPSA) is 46.5 Å². The molecule has 0 unspecified atom stereocenters. The van der Waals surface area contributed by atoms with Gasteiger partial charge >= 0.3 is 5.97 Å². The maximum absolute atomic E-state index is 12.7. The summed E-state index contributed by atoms with van der Waals surface area (Å²) in [5.74, 6) is 0.0200. The SMILES string of the molecule is Cc1cccc(C)c1OC(=O)[C@H](C)[C@H](O)[C@H](CC(C)C)Sc1ccccc1. The number of esters is 1. The molecule has 0 bridgehead atoms. The van der Waals surface area contributed by atoms with Crippen LogP contribution in [0, 0.1) is 25.7 Å². The van der Waals surface area contributed by atoms with Crippen molar-refractivity contribution < 1.29 is 14.6 Å². The van der Waals surface area contributed by atoms with Crippen LogP contribution in [0.4, 0.5) is 0 Å². The van der Waals surface area contributed by atoms with E-state index in [1.165, 1.54) is 0 Å². The molecule has 1 N–H and O–H groups in total. The van der Waals surface area contributed by atoms with Gasteiger partial charge in [0.1, 0.15) is 5.75 Å². The summed E-state index contributed by atoms with van der Waals surface area (Å²) in [4.78, 5) is 13.8. The van der Waals surface area contributed by atoms with E-state index in [1.807, 2.05) is 62.4 Å². The normalized spacial score (nSPS) is 14.6. The molecule has 0 aliphatic rings. The standard InChI is InChI=1S/C23H30O3S/c1-15(2)14-20(27-19-12-7-6-8-13-19)21(24)18(5)23(25)26-22-16(3)10-9-11-17(22)4/h6-13,15,18,20-21,24H,14H2,1-5H3/t18-,20+,21+/m1/s1.